The van der Waals surface area contributed by atoms with Gasteiger partial charge in [-0.1, -0.05) is 29.8 Å². The molecule has 0 aromatic heterocycles. The van der Waals surface area contributed by atoms with Crippen molar-refractivity contribution < 1.29 is 0 Å². The first kappa shape index (κ1) is 13.8. The van der Waals surface area contributed by atoms with Gasteiger partial charge in [0.15, 0.2) is 0 Å². The van der Waals surface area contributed by atoms with E-state index in [1.807, 2.05) is 0 Å². The Morgan fingerprint density at radius 1 is 1.20 bits per heavy atom. The van der Waals surface area contributed by atoms with E-state index in [9.17, 15) is 0 Å². The maximum absolute atomic E-state index is 2.23. The zero-order chi connectivity index (χ0) is 5.98. The maximum Gasteiger partial charge on any atom is 0.258 e. The Kier molecular flexibility index (Phi) is 9.50. The maximum atomic E-state index is 2.23. The first-order valence-corrected chi connectivity index (χ1v) is 3.82. The lowest BCUT2D eigenvalue weighted by Crippen LogP contribution is -1.99. The summed E-state index contributed by atoms with van der Waals surface area (Å²) in [5.41, 5.74) is 1.37. The minimum Gasteiger partial charge on any atom is -0.120 e. The Balaban J connectivity index is 0. The summed E-state index contributed by atoms with van der Waals surface area (Å²) in [6, 6.07) is 8.63. The van der Waals surface area contributed by atoms with Crippen LogP contribution in [0.15, 0.2) is 24.3 Å². The van der Waals surface area contributed by atoms with Crippen molar-refractivity contribution in [2.75, 3.05) is 0 Å². The van der Waals surface area contributed by atoms with Gasteiger partial charge in [-0.15, -0.1) is 52.4 Å². The van der Waals surface area contributed by atoms with E-state index < -0.39 is 0 Å². The number of benzene rings is 1. The van der Waals surface area contributed by atoms with Crippen molar-refractivity contribution in [1.82, 2.24) is 0 Å². The van der Waals surface area contributed by atoms with Crippen LogP contribution in [0.3, 0.4) is 0 Å². The second-order valence-corrected chi connectivity index (χ2v) is 3.31. The van der Waals surface area contributed by atoms with Crippen LogP contribution in [-0.4, -0.2) is 16.3 Å². The standard InChI is InChI=1S/C7H7.Al.2HI.2H/c1-7-5-3-2-4-6-7;;;;;/h2-3,5-6H,1H3;;2*1H;;. The summed E-state index contributed by atoms with van der Waals surface area (Å²) >= 11 is 1.17. The van der Waals surface area contributed by atoms with E-state index in [0.29, 0.717) is 0 Å². The summed E-state index contributed by atoms with van der Waals surface area (Å²) in [6.07, 6.45) is 0. The number of hydrogen-bond donors (Lipinski definition) is 0. The average Bonchev–Trinajstić information content (AvgIpc) is 1.64. The summed E-state index contributed by atoms with van der Waals surface area (Å²) in [6.45, 7) is 2.13. The molecule has 0 saturated carbocycles. The van der Waals surface area contributed by atoms with Gasteiger partial charge in [0.25, 0.3) is 16.3 Å². The third kappa shape index (κ3) is 4.94. The zero-order valence-corrected chi connectivity index (χ0v) is 12.8. The third-order valence-electron chi connectivity index (χ3n) is 1.17. The molecule has 0 aliphatic heterocycles. The fraction of sp³-hybridized carbons (Fsp3) is 0.143. The lowest BCUT2D eigenvalue weighted by Gasteiger charge is -1.91. The van der Waals surface area contributed by atoms with Crippen LogP contribution in [-0.2, 0) is 0 Å². The molecule has 0 bridgehead atoms. The number of hydrogen-bond acceptors (Lipinski definition) is 0. The summed E-state index contributed by atoms with van der Waals surface area (Å²) < 4.78 is 1.48. The highest BCUT2D eigenvalue weighted by Crippen LogP contribution is 1.89. The molecule has 0 radical (unpaired) electrons. The van der Waals surface area contributed by atoms with E-state index in [-0.39, 0.29) is 48.0 Å². The summed E-state index contributed by atoms with van der Waals surface area (Å²) in [7, 11) is 0. The molecule has 0 unspecified atom stereocenters. The predicted octanol–water partition coefficient (Wildman–Crippen LogP) is 1.49. The van der Waals surface area contributed by atoms with Gasteiger partial charge >= 0.3 is 0 Å². The van der Waals surface area contributed by atoms with Crippen molar-refractivity contribution in [3.05, 3.63) is 29.8 Å². The van der Waals surface area contributed by atoms with Gasteiger partial charge in [0.1, 0.15) is 0 Å². The number of aryl methyl sites for hydroxylation is 1. The minimum atomic E-state index is 0. The van der Waals surface area contributed by atoms with Crippen LogP contribution in [0.5, 0.6) is 0 Å². The topological polar surface area (TPSA) is 0 Å². The van der Waals surface area contributed by atoms with Gasteiger partial charge in [0, 0.05) is 0 Å². The van der Waals surface area contributed by atoms with Gasteiger partial charge in [0.05, 0.1) is 0 Å². The summed E-state index contributed by atoms with van der Waals surface area (Å²) in [4.78, 5) is 0. The van der Waals surface area contributed by atoms with Crippen molar-refractivity contribution in [1.29, 1.82) is 0 Å². The molecule has 3 heteroatoms. The normalized spacial score (nSPS) is 7.30. The second kappa shape index (κ2) is 6.89. The van der Waals surface area contributed by atoms with E-state index in [1.165, 1.54) is 26.3 Å². The molecule has 1 aromatic rings. The largest absolute Gasteiger partial charge is 0.258 e. The Bertz CT molecular complexity index is 171. The average molecular weight is 376 g/mol. The zero-order valence-electron chi connectivity index (χ0n) is 6.13. The molecule has 0 atom stereocenters. The Morgan fingerprint density at radius 3 is 2.10 bits per heavy atom. The van der Waals surface area contributed by atoms with Crippen LogP contribution in [0.2, 0.25) is 0 Å². The summed E-state index contributed by atoms with van der Waals surface area (Å²) in [5.74, 6) is 0. The Labute approximate surface area is 104 Å². The van der Waals surface area contributed by atoms with Gasteiger partial charge in [-0.2, -0.15) is 0 Å². The second-order valence-electron chi connectivity index (χ2n) is 2.16. The fourth-order valence-corrected chi connectivity index (χ4v) is 1.45. The smallest absolute Gasteiger partial charge is 0.120 e. The predicted molar refractivity (Wildman–Crippen MR) is 70.2 cm³/mol. The van der Waals surface area contributed by atoms with Crippen LogP contribution >= 0.6 is 48.0 Å². The molecule has 1 aromatic carbocycles. The van der Waals surface area contributed by atoms with Gasteiger partial charge in [-0.3, -0.25) is 0 Å². The molecule has 10 heavy (non-hydrogen) atoms. The molecule has 0 aliphatic carbocycles. The highest BCUT2D eigenvalue weighted by atomic mass is 127. The Morgan fingerprint density at radius 2 is 1.80 bits per heavy atom. The molecule has 0 heterocycles. The van der Waals surface area contributed by atoms with Gasteiger partial charge in [0.2, 0.25) is 0 Å². The van der Waals surface area contributed by atoms with E-state index in [2.05, 4.69) is 31.2 Å². The van der Waals surface area contributed by atoms with Crippen LogP contribution in [0.1, 0.15) is 5.56 Å². The van der Waals surface area contributed by atoms with Crippen molar-refractivity contribution >= 4 is 68.7 Å². The van der Waals surface area contributed by atoms with E-state index in [4.69, 9.17) is 0 Å². The van der Waals surface area contributed by atoms with Crippen molar-refractivity contribution in [2.45, 2.75) is 6.92 Å². The first-order chi connectivity index (χ1) is 3.79. The first-order valence-electron chi connectivity index (χ1n) is 2.82. The summed E-state index contributed by atoms with van der Waals surface area (Å²) in [5, 5.41) is 0. The molecule has 0 fully saturated rings. The van der Waals surface area contributed by atoms with Crippen LogP contribution < -0.4 is 4.43 Å². The highest BCUT2D eigenvalue weighted by molar-refractivity contribution is 14.0. The van der Waals surface area contributed by atoms with E-state index in [1.54, 1.807) is 0 Å². The van der Waals surface area contributed by atoms with Gasteiger partial charge in [-0.25, -0.2) is 0 Å². The van der Waals surface area contributed by atoms with Crippen LogP contribution in [0.4, 0.5) is 0 Å². The monoisotopic (exact) mass is 376 g/mol. The van der Waals surface area contributed by atoms with Gasteiger partial charge in [-0.05, 0) is 6.92 Å². The molecule has 0 aliphatic rings. The van der Waals surface area contributed by atoms with Crippen LogP contribution in [0.25, 0.3) is 0 Å². The van der Waals surface area contributed by atoms with Gasteiger partial charge < -0.3 is 0 Å². The molecule has 1 rings (SSSR count). The van der Waals surface area contributed by atoms with E-state index >= 15 is 0 Å². The molecule has 0 N–H and O–H groups in total. The SMILES string of the molecule is Cc1ccc[c]([AlH2])c1.I.I. The molecule has 0 saturated heterocycles. The number of rotatable bonds is 0. The van der Waals surface area contributed by atoms with Crippen molar-refractivity contribution in [3.63, 3.8) is 0 Å². The Hall–Kier alpha value is 1.21. The molecular weight excluding hydrogens is 365 g/mol. The van der Waals surface area contributed by atoms with E-state index in [0.717, 1.165) is 0 Å². The van der Waals surface area contributed by atoms with Crippen molar-refractivity contribution in [3.8, 4) is 0 Å². The third-order valence-corrected chi connectivity index (χ3v) is 1.80. The quantitative estimate of drug-likeness (QED) is 0.476. The minimum absolute atomic E-state index is 0. The molecular formula is C7H11AlI2. The molecule has 56 valence electrons. The highest BCUT2D eigenvalue weighted by Gasteiger charge is 1.80. The fourth-order valence-electron chi connectivity index (χ4n) is 0.807. The lowest BCUT2D eigenvalue weighted by molar-refractivity contribution is 1.50. The van der Waals surface area contributed by atoms with Crippen LogP contribution in [0, 0.1) is 6.92 Å². The molecule has 0 spiro atoms. The molecule has 0 amide bonds. The van der Waals surface area contributed by atoms with Crippen molar-refractivity contribution in [2.24, 2.45) is 0 Å². The lowest BCUT2D eigenvalue weighted by atomic mass is 10.2. The number of halogens is 2. The molecule has 0 nitrogen and oxygen atoms in total.